The summed E-state index contributed by atoms with van der Waals surface area (Å²) in [5, 5.41) is 9.99. The molecule has 1 saturated heterocycles. The summed E-state index contributed by atoms with van der Waals surface area (Å²) in [5.74, 6) is 0.186. The van der Waals surface area contributed by atoms with Crippen LogP contribution in [-0.4, -0.2) is 61.9 Å². The lowest BCUT2D eigenvalue weighted by molar-refractivity contribution is -0.132. The molecule has 0 bridgehead atoms. The van der Waals surface area contributed by atoms with Gasteiger partial charge in [-0.1, -0.05) is 53.7 Å². The zero-order valence-electron chi connectivity index (χ0n) is 19.1. The molecule has 4 heterocycles. The van der Waals surface area contributed by atoms with E-state index in [0.29, 0.717) is 19.6 Å². The molecule has 174 valence electrons. The van der Waals surface area contributed by atoms with E-state index in [2.05, 4.69) is 38.4 Å². The number of carbonyl (C=O) groups is 1. The van der Waals surface area contributed by atoms with E-state index in [-0.39, 0.29) is 12.0 Å². The minimum absolute atomic E-state index is 0.00922. The van der Waals surface area contributed by atoms with Crippen LogP contribution >= 0.6 is 0 Å². The number of nitrogens with zero attached hydrogens (tertiary/aromatic N) is 5. The first-order chi connectivity index (χ1) is 16.7. The van der Waals surface area contributed by atoms with Crippen LogP contribution in [0.25, 0.3) is 10.9 Å². The number of aromatic nitrogens is 4. The van der Waals surface area contributed by atoms with Crippen molar-refractivity contribution in [3.05, 3.63) is 83.3 Å². The number of amides is 1. The van der Waals surface area contributed by atoms with Crippen LogP contribution in [0.3, 0.4) is 0 Å². The van der Waals surface area contributed by atoms with E-state index in [0.717, 1.165) is 60.6 Å². The van der Waals surface area contributed by atoms with Crippen molar-refractivity contribution in [3.63, 3.8) is 0 Å². The summed E-state index contributed by atoms with van der Waals surface area (Å²) in [6, 6.07) is 18.4. The summed E-state index contributed by atoms with van der Waals surface area (Å²) in [4.78, 5) is 20.5. The predicted octanol–water partition coefficient (Wildman–Crippen LogP) is 2.92. The van der Waals surface area contributed by atoms with Crippen molar-refractivity contribution in [2.45, 2.75) is 32.2 Å². The average molecular weight is 457 g/mol. The second-order valence-electron chi connectivity index (χ2n) is 9.07. The van der Waals surface area contributed by atoms with Gasteiger partial charge in [-0.05, 0) is 17.2 Å². The highest BCUT2D eigenvalue weighted by atomic mass is 16.5. The Bertz CT molecular complexity index is 1290. The molecule has 8 heteroatoms. The Hall–Kier alpha value is -3.49. The fraction of sp³-hybridized carbons (Fsp3) is 0.346. The Morgan fingerprint density at radius 1 is 1.03 bits per heavy atom. The van der Waals surface area contributed by atoms with Gasteiger partial charge in [0.2, 0.25) is 5.91 Å². The summed E-state index contributed by atoms with van der Waals surface area (Å²) in [6.45, 7) is 5.07. The van der Waals surface area contributed by atoms with Crippen molar-refractivity contribution < 1.29 is 9.53 Å². The van der Waals surface area contributed by atoms with E-state index >= 15 is 0 Å². The summed E-state index contributed by atoms with van der Waals surface area (Å²) in [6.07, 6.45) is 2.40. The minimum Gasteiger partial charge on any atom is -0.365 e. The Balaban J connectivity index is 1.04. The maximum absolute atomic E-state index is 12.9. The van der Waals surface area contributed by atoms with Crippen molar-refractivity contribution in [2.24, 2.45) is 0 Å². The molecule has 4 aromatic rings. The van der Waals surface area contributed by atoms with E-state index in [1.165, 1.54) is 5.56 Å². The number of fused-ring (bicyclic) bond motifs is 2. The number of piperazine rings is 1. The van der Waals surface area contributed by atoms with E-state index < -0.39 is 0 Å². The quantitative estimate of drug-likeness (QED) is 0.500. The molecular weight excluding hydrogens is 428 g/mol. The molecule has 1 fully saturated rings. The molecule has 34 heavy (non-hydrogen) atoms. The summed E-state index contributed by atoms with van der Waals surface area (Å²) in [5.41, 5.74) is 5.34. The van der Waals surface area contributed by atoms with Gasteiger partial charge in [-0.3, -0.25) is 9.69 Å². The first-order valence-corrected chi connectivity index (χ1v) is 11.9. The highest BCUT2D eigenvalue weighted by Gasteiger charge is 2.27. The molecule has 1 N–H and O–H groups in total. The number of hydrogen-bond donors (Lipinski definition) is 1. The highest BCUT2D eigenvalue weighted by molar-refractivity contribution is 5.88. The first kappa shape index (κ1) is 21.1. The number of hydrogen-bond acceptors (Lipinski definition) is 5. The molecule has 1 unspecified atom stereocenters. The van der Waals surface area contributed by atoms with Crippen LogP contribution in [0.1, 0.15) is 28.6 Å². The van der Waals surface area contributed by atoms with Crippen LogP contribution in [0.4, 0.5) is 0 Å². The average Bonchev–Trinajstić information content (AvgIpc) is 3.49. The van der Waals surface area contributed by atoms with Gasteiger partial charge in [0.15, 0.2) is 0 Å². The van der Waals surface area contributed by atoms with Crippen LogP contribution in [-0.2, 0) is 35.6 Å². The minimum atomic E-state index is 0.00922. The summed E-state index contributed by atoms with van der Waals surface area (Å²) >= 11 is 0. The molecule has 2 aromatic heterocycles. The lowest BCUT2D eigenvalue weighted by atomic mass is 10.1. The second kappa shape index (κ2) is 9.04. The summed E-state index contributed by atoms with van der Waals surface area (Å²) in [7, 11) is 0. The lowest BCUT2D eigenvalue weighted by Crippen LogP contribution is -2.48. The normalized spacial score (nSPS) is 18.8. The van der Waals surface area contributed by atoms with Crippen LogP contribution in [0.5, 0.6) is 0 Å². The molecule has 0 spiro atoms. The van der Waals surface area contributed by atoms with Crippen molar-refractivity contribution in [1.82, 2.24) is 29.8 Å². The Labute approximate surface area is 198 Å². The number of nitrogens with one attached hydrogen (secondary N) is 1. The molecule has 0 radical (unpaired) electrons. The van der Waals surface area contributed by atoms with Crippen LogP contribution in [0.2, 0.25) is 0 Å². The molecule has 1 amide bonds. The van der Waals surface area contributed by atoms with Crippen molar-refractivity contribution in [1.29, 1.82) is 0 Å². The molecule has 6 rings (SSSR count). The maximum Gasteiger partial charge on any atom is 0.227 e. The number of para-hydroxylation sites is 1. The summed E-state index contributed by atoms with van der Waals surface area (Å²) < 4.78 is 8.12. The van der Waals surface area contributed by atoms with Gasteiger partial charge in [0.25, 0.3) is 0 Å². The monoisotopic (exact) mass is 456 g/mol. The van der Waals surface area contributed by atoms with Crippen LogP contribution in [0, 0.1) is 0 Å². The van der Waals surface area contributed by atoms with Crippen molar-refractivity contribution in [2.75, 3.05) is 26.2 Å². The smallest absolute Gasteiger partial charge is 0.227 e. The van der Waals surface area contributed by atoms with Gasteiger partial charge in [-0.25, -0.2) is 4.68 Å². The number of benzene rings is 2. The van der Waals surface area contributed by atoms with Gasteiger partial charge in [-0.2, -0.15) is 0 Å². The van der Waals surface area contributed by atoms with Crippen molar-refractivity contribution in [3.8, 4) is 0 Å². The zero-order valence-corrected chi connectivity index (χ0v) is 19.1. The zero-order chi connectivity index (χ0) is 22.9. The standard InChI is InChI=1S/C26H28N6O2/c33-26(14-20-15-27-22-9-5-4-8-21(20)22)31-12-10-30(11-13-31)16-23-24-18-34-25(17-32(24)29-28-23)19-6-2-1-3-7-19/h1-9,15,25,27H,10-14,16-18H2. The predicted molar refractivity (Wildman–Crippen MR) is 128 cm³/mol. The Kier molecular flexibility index (Phi) is 5.60. The third-order valence-electron chi connectivity index (χ3n) is 6.96. The molecule has 0 aliphatic carbocycles. The number of rotatable bonds is 5. The molecule has 0 saturated carbocycles. The lowest BCUT2D eigenvalue weighted by Gasteiger charge is -2.34. The van der Waals surface area contributed by atoms with Crippen LogP contribution in [0.15, 0.2) is 60.8 Å². The van der Waals surface area contributed by atoms with Gasteiger partial charge in [0.05, 0.1) is 25.3 Å². The van der Waals surface area contributed by atoms with Gasteiger partial charge in [-0.15, -0.1) is 5.10 Å². The topological polar surface area (TPSA) is 79.3 Å². The number of ether oxygens (including phenoxy) is 1. The van der Waals surface area contributed by atoms with Crippen LogP contribution < -0.4 is 0 Å². The first-order valence-electron chi connectivity index (χ1n) is 11.9. The fourth-order valence-corrected chi connectivity index (χ4v) is 4.97. The molecule has 1 atom stereocenters. The van der Waals surface area contributed by atoms with Gasteiger partial charge < -0.3 is 14.6 Å². The number of H-pyrrole nitrogens is 1. The second-order valence-corrected chi connectivity index (χ2v) is 9.07. The van der Waals surface area contributed by atoms with Gasteiger partial charge in [0, 0.05) is 49.8 Å². The number of aromatic amines is 1. The van der Waals surface area contributed by atoms with E-state index in [1.54, 1.807) is 0 Å². The highest BCUT2D eigenvalue weighted by Crippen LogP contribution is 2.27. The van der Waals surface area contributed by atoms with Gasteiger partial charge >= 0.3 is 0 Å². The van der Waals surface area contributed by atoms with E-state index in [1.807, 2.05) is 52.2 Å². The van der Waals surface area contributed by atoms with Gasteiger partial charge in [0.1, 0.15) is 11.8 Å². The largest absolute Gasteiger partial charge is 0.365 e. The SMILES string of the molecule is O=C(Cc1c[nH]c2ccccc12)N1CCN(Cc2nnn3c2COC(c2ccccc2)C3)CC1. The molecule has 2 aromatic carbocycles. The third-order valence-corrected chi connectivity index (χ3v) is 6.96. The third kappa shape index (κ3) is 4.10. The molecule has 2 aliphatic heterocycles. The van der Waals surface area contributed by atoms with E-state index in [4.69, 9.17) is 4.74 Å². The molecular formula is C26H28N6O2. The fourth-order valence-electron chi connectivity index (χ4n) is 4.97. The van der Waals surface area contributed by atoms with Crippen molar-refractivity contribution >= 4 is 16.8 Å². The Morgan fingerprint density at radius 2 is 1.82 bits per heavy atom. The maximum atomic E-state index is 12.9. The Morgan fingerprint density at radius 3 is 2.68 bits per heavy atom. The van der Waals surface area contributed by atoms with E-state index in [9.17, 15) is 4.79 Å². The molecule has 8 nitrogen and oxygen atoms in total. The number of carbonyl (C=O) groups excluding carboxylic acids is 1. The molecule has 2 aliphatic rings.